The molecule has 1 aromatic carbocycles. The van der Waals surface area contributed by atoms with Gasteiger partial charge in [0.15, 0.2) is 0 Å². The van der Waals surface area contributed by atoms with E-state index in [0.717, 1.165) is 24.8 Å². The van der Waals surface area contributed by atoms with Gasteiger partial charge in [-0.2, -0.15) is 0 Å². The zero-order valence-corrected chi connectivity index (χ0v) is 12.5. The third-order valence-corrected chi connectivity index (χ3v) is 4.67. The molecule has 2 N–H and O–H groups in total. The number of amides is 1. The van der Waals surface area contributed by atoms with Crippen LogP contribution in [0.15, 0.2) is 24.3 Å². The second-order valence-electron chi connectivity index (χ2n) is 6.29. The third kappa shape index (κ3) is 2.99. The predicted molar refractivity (Wildman–Crippen MR) is 80.7 cm³/mol. The van der Waals surface area contributed by atoms with Crippen molar-refractivity contribution in [2.45, 2.75) is 43.6 Å². The fourth-order valence-corrected chi connectivity index (χ4v) is 3.55. The number of fused-ring (bicyclic) bond motifs is 1. The molecule has 0 saturated carbocycles. The lowest BCUT2D eigenvalue weighted by Gasteiger charge is -2.31. The molecule has 1 fully saturated rings. The van der Waals surface area contributed by atoms with Gasteiger partial charge in [0.25, 0.3) is 0 Å². The summed E-state index contributed by atoms with van der Waals surface area (Å²) in [6.45, 7) is 0.772. The number of carboxylic acids is 1. The quantitative estimate of drug-likeness (QED) is 0.890. The van der Waals surface area contributed by atoms with Gasteiger partial charge in [-0.15, -0.1) is 0 Å². The summed E-state index contributed by atoms with van der Waals surface area (Å²) >= 11 is 0. The zero-order valence-electron chi connectivity index (χ0n) is 12.5. The molecule has 1 heterocycles. The summed E-state index contributed by atoms with van der Waals surface area (Å²) in [5.41, 5.74) is 1.55. The number of benzene rings is 1. The van der Waals surface area contributed by atoms with Crippen molar-refractivity contribution in [1.82, 2.24) is 5.32 Å². The Labute approximate surface area is 129 Å². The lowest BCUT2D eigenvalue weighted by molar-refractivity contribution is -0.139. The van der Waals surface area contributed by atoms with E-state index >= 15 is 0 Å². The molecular weight excluding hydrogens is 282 g/mol. The second kappa shape index (κ2) is 6.08. The molecule has 2 atom stereocenters. The van der Waals surface area contributed by atoms with E-state index in [0.29, 0.717) is 13.0 Å². The molecule has 1 aliphatic carbocycles. The molecular formula is C17H21NO4. The first-order chi connectivity index (χ1) is 10.6. The van der Waals surface area contributed by atoms with Crippen molar-refractivity contribution < 1.29 is 19.4 Å². The largest absolute Gasteiger partial charge is 0.481 e. The highest BCUT2D eigenvalue weighted by atomic mass is 16.5. The Hall–Kier alpha value is -1.88. The lowest BCUT2D eigenvalue weighted by atomic mass is 9.81. The van der Waals surface area contributed by atoms with E-state index in [4.69, 9.17) is 9.84 Å². The average Bonchev–Trinajstić information content (AvgIpc) is 2.93. The maximum atomic E-state index is 12.7. The average molecular weight is 303 g/mol. The molecule has 0 bridgehead atoms. The van der Waals surface area contributed by atoms with E-state index in [-0.39, 0.29) is 24.9 Å². The topological polar surface area (TPSA) is 75.6 Å². The SMILES string of the molecule is O=C(O)CC1(NC(=O)C2CCCc3ccccc32)CCOC1. The van der Waals surface area contributed by atoms with Crippen LogP contribution in [0.5, 0.6) is 0 Å². The van der Waals surface area contributed by atoms with Crippen LogP contribution in [0, 0.1) is 0 Å². The molecule has 5 nitrogen and oxygen atoms in total. The number of ether oxygens (including phenoxy) is 1. The van der Waals surface area contributed by atoms with Crippen molar-refractivity contribution in [3.63, 3.8) is 0 Å². The van der Waals surface area contributed by atoms with E-state index < -0.39 is 11.5 Å². The number of hydrogen-bond donors (Lipinski definition) is 2. The van der Waals surface area contributed by atoms with Gasteiger partial charge in [-0.05, 0) is 36.8 Å². The highest BCUT2D eigenvalue weighted by molar-refractivity contribution is 5.85. The molecule has 0 radical (unpaired) electrons. The van der Waals surface area contributed by atoms with Gasteiger partial charge in [-0.25, -0.2) is 0 Å². The fraction of sp³-hybridized carbons (Fsp3) is 0.529. The predicted octanol–water partition coefficient (Wildman–Crippen LogP) is 1.86. The minimum Gasteiger partial charge on any atom is -0.481 e. The van der Waals surface area contributed by atoms with Crippen LogP contribution in [0.1, 0.15) is 42.7 Å². The summed E-state index contributed by atoms with van der Waals surface area (Å²) < 4.78 is 5.34. The van der Waals surface area contributed by atoms with Crippen molar-refractivity contribution >= 4 is 11.9 Å². The van der Waals surface area contributed by atoms with Crippen LogP contribution in [-0.4, -0.2) is 35.7 Å². The number of carbonyl (C=O) groups is 2. The fourth-order valence-electron chi connectivity index (χ4n) is 3.55. The number of carbonyl (C=O) groups excluding carboxylic acids is 1. The maximum absolute atomic E-state index is 12.7. The Balaban J connectivity index is 1.78. The molecule has 118 valence electrons. The van der Waals surface area contributed by atoms with Gasteiger partial charge >= 0.3 is 5.97 Å². The highest BCUT2D eigenvalue weighted by Crippen LogP contribution is 2.33. The number of carboxylic acid groups (broad SMARTS) is 1. The summed E-state index contributed by atoms with van der Waals surface area (Å²) in [4.78, 5) is 23.9. The number of aliphatic carboxylic acids is 1. The van der Waals surface area contributed by atoms with Crippen LogP contribution < -0.4 is 5.32 Å². The van der Waals surface area contributed by atoms with Crippen molar-refractivity contribution in [3.05, 3.63) is 35.4 Å². The molecule has 22 heavy (non-hydrogen) atoms. The molecule has 3 rings (SSSR count). The third-order valence-electron chi connectivity index (χ3n) is 4.67. The Morgan fingerprint density at radius 1 is 1.36 bits per heavy atom. The van der Waals surface area contributed by atoms with E-state index in [1.54, 1.807) is 0 Å². The Morgan fingerprint density at radius 2 is 2.18 bits per heavy atom. The Bertz CT molecular complexity index is 578. The van der Waals surface area contributed by atoms with Gasteiger partial charge in [0.1, 0.15) is 0 Å². The van der Waals surface area contributed by atoms with Crippen LogP contribution in [0.3, 0.4) is 0 Å². The normalized spacial score (nSPS) is 27.2. The first kappa shape index (κ1) is 15.0. The van der Waals surface area contributed by atoms with E-state index in [9.17, 15) is 9.59 Å². The standard InChI is InChI=1S/C17H21NO4/c19-15(20)10-17(8-9-22-11-17)18-16(21)14-7-3-5-12-4-1-2-6-13(12)14/h1-2,4,6,14H,3,5,7-11H2,(H,18,21)(H,19,20). The van der Waals surface area contributed by atoms with Crippen LogP contribution in [0.25, 0.3) is 0 Å². The van der Waals surface area contributed by atoms with Gasteiger partial charge in [0.2, 0.25) is 5.91 Å². The number of rotatable bonds is 4. The van der Waals surface area contributed by atoms with Crippen LogP contribution in [0.4, 0.5) is 0 Å². The molecule has 2 unspecified atom stereocenters. The number of aryl methyl sites for hydroxylation is 1. The summed E-state index contributed by atoms with van der Waals surface area (Å²) in [6, 6.07) is 8.03. The molecule has 1 aliphatic heterocycles. The zero-order chi connectivity index (χ0) is 15.6. The molecule has 5 heteroatoms. The Morgan fingerprint density at radius 3 is 2.91 bits per heavy atom. The summed E-state index contributed by atoms with van der Waals surface area (Å²) in [5.74, 6) is -1.16. The molecule has 1 aromatic rings. The van der Waals surface area contributed by atoms with Gasteiger partial charge in [-0.3, -0.25) is 9.59 Å². The van der Waals surface area contributed by atoms with Crippen molar-refractivity contribution in [3.8, 4) is 0 Å². The van der Waals surface area contributed by atoms with E-state index in [2.05, 4.69) is 11.4 Å². The van der Waals surface area contributed by atoms with E-state index in [1.165, 1.54) is 5.56 Å². The van der Waals surface area contributed by atoms with Crippen molar-refractivity contribution in [2.75, 3.05) is 13.2 Å². The van der Waals surface area contributed by atoms with Crippen LogP contribution in [0.2, 0.25) is 0 Å². The van der Waals surface area contributed by atoms with Gasteiger partial charge in [0.05, 0.1) is 24.5 Å². The molecule has 2 aliphatic rings. The lowest BCUT2D eigenvalue weighted by Crippen LogP contribution is -2.52. The van der Waals surface area contributed by atoms with Crippen molar-refractivity contribution in [1.29, 1.82) is 0 Å². The number of nitrogens with one attached hydrogen (secondary N) is 1. The monoisotopic (exact) mass is 303 g/mol. The van der Waals surface area contributed by atoms with Crippen molar-refractivity contribution in [2.24, 2.45) is 0 Å². The molecule has 0 spiro atoms. The minimum absolute atomic E-state index is 0.0705. The maximum Gasteiger partial charge on any atom is 0.305 e. The summed E-state index contributed by atoms with van der Waals surface area (Å²) in [6.07, 6.45) is 3.26. The molecule has 1 amide bonds. The summed E-state index contributed by atoms with van der Waals surface area (Å²) in [7, 11) is 0. The van der Waals surface area contributed by atoms with Gasteiger partial charge in [-0.1, -0.05) is 24.3 Å². The molecule has 0 aromatic heterocycles. The minimum atomic E-state index is -0.908. The van der Waals surface area contributed by atoms with Gasteiger partial charge in [0, 0.05) is 6.61 Å². The van der Waals surface area contributed by atoms with Crippen LogP contribution >= 0.6 is 0 Å². The first-order valence-corrected chi connectivity index (χ1v) is 7.79. The highest BCUT2D eigenvalue weighted by Gasteiger charge is 2.40. The first-order valence-electron chi connectivity index (χ1n) is 7.79. The van der Waals surface area contributed by atoms with Gasteiger partial charge < -0.3 is 15.2 Å². The molecule has 1 saturated heterocycles. The summed E-state index contributed by atoms with van der Waals surface area (Å²) in [5, 5.41) is 12.1. The van der Waals surface area contributed by atoms with E-state index in [1.807, 2.05) is 18.2 Å². The second-order valence-corrected chi connectivity index (χ2v) is 6.29. The van der Waals surface area contributed by atoms with Crippen LogP contribution in [-0.2, 0) is 20.7 Å². The number of hydrogen-bond acceptors (Lipinski definition) is 3. The Kier molecular flexibility index (Phi) is 4.16. The smallest absolute Gasteiger partial charge is 0.305 e.